The quantitative estimate of drug-likeness (QED) is 0.499. The van der Waals surface area contributed by atoms with Gasteiger partial charge in [-0.15, -0.1) is 0 Å². The topological polar surface area (TPSA) is 81.0 Å². The number of hydrogen-bond donors (Lipinski definition) is 1. The van der Waals surface area contributed by atoms with Crippen LogP contribution in [0.4, 0.5) is 11.5 Å². The van der Waals surface area contributed by atoms with Gasteiger partial charge in [0, 0.05) is 6.04 Å². The van der Waals surface area contributed by atoms with E-state index in [0.29, 0.717) is 5.92 Å². The van der Waals surface area contributed by atoms with Crippen LogP contribution in [0.3, 0.4) is 0 Å². The summed E-state index contributed by atoms with van der Waals surface area (Å²) in [6.07, 6.45) is 3.22. The molecule has 16 heavy (non-hydrogen) atoms. The van der Waals surface area contributed by atoms with Crippen molar-refractivity contribution in [2.75, 3.05) is 5.32 Å². The molecule has 1 aromatic rings. The summed E-state index contributed by atoms with van der Waals surface area (Å²) < 4.78 is 0. The summed E-state index contributed by atoms with van der Waals surface area (Å²) in [4.78, 5) is 17.7. The second-order valence-electron chi connectivity index (χ2n) is 4.04. The summed E-state index contributed by atoms with van der Waals surface area (Å²) in [7, 11) is 0. The number of hydrogen-bond acceptors (Lipinski definition) is 5. The molecule has 0 radical (unpaired) electrons. The maximum atomic E-state index is 10.8. The normalized spacial score (nSPS) is 23.6. The molecule has 1 N–H and O–H groups in total. The highest BCUT2D eigenvalue weighted by atomic mass is 35.5. The highest BCUT2D eigenvalue weighted by molar-refractivity contribution is 6.31. The smallest absolute Gasteiger partial charge is 0.348 e. The molecule has 0 aliphatic heterocycles. The predicted octanol–water partition coefficient (Wildman–Crippen LogP) is 2.25. The lowest BCUT2D eigenvalue weighted by Crippen LogP contribution is -2.34. The zero-order valence-electron chi connectivity index (χ0n) is 8.68. The molecule has 86 valence electrons. The first kappa shape index (κ1) is 11.1. The average Bonchev–Trinajstić information content (AvgIpc) is 2.14. The number of nitrogens with one attached hydrogen (secondary N) is 1. The third-order valence-electron chi connectivity index (χ3n) is 2.67. The van der Waals surface area contributed by atoms with Crippen molar-refractivity contribution >= 4 is 23.1 Å². The molecule has 0 aromatic carbocycles. The van der Waals surface area contributed by atoms with E-state index in [4.69, 9.17) is 11.6 Å². The van der Waals surface area contributed by atoms with Crippen molar-refractivity contribution < 1.29 is 4.92 Å². The molecule has 1 saturated carbocycles. The van der Waals surface area contributed by atoms with Crippen LogP contribution in [0, 0.1) is 16.0 Å². The molecule has 1 aliphatic rings. The minimum Gasteiger partial charge on any atom is -0.361 e. The molecule has 1 aromatic heterocycles. The van der Waals surface area contributed by atoms with Crippen LogP contribution in [-0.2, 0) is 0 Å². The molecular formula is C9H11ClN4O2. The van der Waals surface area contributed by atoms with E-state index in [0.717, 1.165) is 12.8 Å². The largest absolute Gasteiger partial charge is 0.361 e. The molecule has 1 aliphatic carbocycles. The molecule has 0 bridgehead atoms. The Kier molecular flexibility index (Phi) is 2.91. The van der Waals surface area contributed by atoms with Gasteiger partial charge in [-0.1, -0.05) is 18.5 Å². The van der Waals surface area contributed by atoms with Crippen molar-refractivity contribution in [2.45, 2.75) is 25.8 Å². The Morgan fingerprint density at radius 3 is 2.81 bits per heavy atom. The Morgan fingerprint density at radius 2 is 2.25 bits per heavy atom. The van der Waals surface area contributed by atoms with Crippen molar-refractivity contribution in [3.63, 3.8) is 0 Å². The van der Waals surface area contributed by atoms with E-state index in [1.807, 2.05) is 0 Å². The molecule has 2 rings (SSSR count). The maximum Gasteiger partial charge on any atom is 0.348 e. The Balaban J connectivity index is 2.19. The van der Waals surface area contributed by atoms with Gasteiger partial charge in [-0.2, -0.15) is 0 Å². The van der Waals surface area contributed by atoms with Crippen LogP contribution in [-0.4, -0.2) is 20.9 Å². The Bertz CT molecular complexity index is 420. The highest BCUT2D eigenvalue weighted by Gasteiger charge is 2.29. The van der Waals surface area contributed by atoms with Crippen molar-refractivity contribution in [1.29, 1.82) is 0 Å². The monoisotopic (exact) mass is 242 g/mol. The minimum absolute atomic E-state index is 0.130. The van der Waals surface area contributed by atoms with Crippen molar-refractivity contribution in [2.24, 2.45) is 5.92 Å². The fourth-order valence-corrected chi connectivity index (χ4v) is 2.04. The molecule has 0 amide bonds. The lowest BCUT2D eigenvalue weighted by Gasteiger charge is -2.33. The number of aromatic nitrogens is 2. The second-order valence-corrected chi connectivity index (χ2v) is 4.39. The van der Waals surface area contributed by atoms with E-state index in [1.54, 1.807) is 0 Å². The zero-order valence-corrected chi connectivity index (χ0v) is 9.44. The third-order valence-corrected chi connectivity index (χ3v) is 2.95. The van der Waals surface area contributed by atoms with Gasteiger partial charge in [-0.3, -0.25) is 10.1 Å². The second kappa shape index (κ2) is 4.21. The first-order chi connectivity index (χ1) is 7.58. The molecule has 0 saturated heterocycles. The molecule has 7 heteroatoms. The Hall–Kier alpha value is -1.43. The first-order valence-electron chi connectivity index (χ1n) is 4.99. The summed E-state index contributed by atoms with van der Waals surface area (Å²) in [5, 5.41) is 13.7. The summed E-state index contributed by atoms with van der Waals surface area (Å²) in [5.41, 5.74) is -0.247. The number of rotatable bonds is 3. The number of anilines is 1. The van der Waals surface area contributed by atoms with Crippen LogP contribution in [0.2, 0.25) is 5.15 Å². The van der Waals surface area contributed by atoms with Gasteiger partial charge in [0.2, 0.25) is 11.0 Å². The number of halogens is 1. The van der Waals surface area contributed by atoms with Crippen molar-refractivity contribution in [3.8, 4) is 0 Å². The van der Waals surface area contributed by atoms with E-state index in [2.05, 4.69) is 22.2 Å². The van der Waals surface area contributed by atoms with Gasteiger partial charge in [-0.05, 0) is 18.8 Å². The SMILES string of the molecule is CC1CC(Nc2ncnc(Cl)c2[N+](=O)[O-])C1. The van der Waals surface area contributed by atoms with Gasteiger partial charge in [0.05, 0.1) is 4.92 Å². The molecule has 0 spiro atoms. The maximum absolute atomic E-state index is 10.8. The van der Waals surface area contributed by atoms with E-state index < -0.39 is 4.92 Å². The molecule has 1 heterocycles. The lowest BCUT2D eigenvalue weighted by atomic mass is 9.82. The fraction of sp³-hybridized carbons (Fsp3) is 0.556. The predicted molar refractivity (Wildman–Crippen MR) is 59.5 cm³/mol. The minimum atomic E-state index is -0.563. The van der Waals surface area contributed by atoms with Crippen LogP contribution in [0.15, 0.2) is 6.33 Å². The first-order valence-corrected chi connectivity index (χ1v) is 5.37. The summed E-state index contributed by atoms with van der Waals surface area (Å²) >= 11 is 5.66. The van der Waals surface area contributed by atoms with Gasteiger partial charge in [0.25, 0.3) is 0 Å². The van der Waals surface area contributed by atoms with Gasteiger partial charge < -0.3 is 5.32 Å². The van der Waals surface area contributed by atoms with Gasteiger partial charge in [0.1, 0.15) is 6.33 Å². The van der Waals surface area contributed by atoms with Gasteiger partial charge >= 0.3 is 5.69 Å². The molecule has 0 atom stereocenters. The standard InChI is InChI=1S/C9H11ClN4O2/c1-5-2-6(3-5)13-9-7(14(15)16)8(10)11-4-12-9/h4-6H,2-3H2,1H3,(H,11,12,13). The highest BCUT2D eigenvalue weighted by Crippen LogP contribution is 2.33. The van der Waals surface area contributed by atoms with Crippen molar-refractivity contribution in [3.05, 3.63) is 21.6 Å². The van der Waals surface area contributed by atoms with Crippen LogP contribution in [0.5, 0.6) is 0 Å². The van der Waals surface area contributed by atoms with E-state index in [9.17, 15) is 10.1 Å². The zero-order chi connectivity index (χ0) is 11.7. The Morgan fingerprint density at radius 1 is 1.56 bits per heavy atom. The van der Waals surface area contributed by atoms with E-state index >= 15 is 0 Å². The number of nitrogens with zero attached hydrogens (tertiary/aromatic N) is 3. The van der Waals surface area contributed by atoms with Crippen LogP contribution >= 0.6 is 11.6 Å². The fourth-order valence-electron chi connectivity index (χ4n) is 1.84. The van der Waals surface area contributed by atoms with Crippen molar-refractivity contribution in [1.82, 2.24) is 9.97 Å². The molecule has 0 unspecified atom stereocenters. The molecule has 1 fully saturated rings. The van der Waals surface area contributed by atoms with Gasteiger partial charge in [-0.25, -0.2) is 9.97 Å². The lowest BCUT2D eigenvalue weighted by molar-refractivity contribution is -0.384. The van der Waals surface area contributed by atoms with Crippen LogP contribution in [0.25, 0.3) is 0 Å². The van der Waals surface area contributed by atoms with Crippen LogP contribution < -0.4 is 5.32 Å². The summed E-state index contributed by atoms with van der Waals surface area (Å²) in [6, 6.07) is 0.250. The molecule has 6 nitrogen and oxygen atoms in total. The Labute approximate surface area is 97.2 Å². The average molecular weight is 243 g/mol. The van der Waals surface area contributed by atoms with E-state index in [1.165, 1.54) is 6.33 Å². The summed E-state index contributed by atoms with van der Waals surface area (Å²) in [6.45, 7) is 2.14. The van der Waals surface area contributed by atoms with Gasteiger partial charge in [0.15, 0.2) is 0 Å². The van der Waals surface area contributed by atoms with Crippen LogP contribution in [0.1, 0.15) is 19.8 Å². The van der Waals surface area contributed by atoms with E-state index in [-0.39, 0.29) is 22.7 Å². The third kappa shape index (κ3) is 2.06. The number of nitro groups is 1. The molecular weight excluding hydrogens is 232 g/mol. The summed E-state index contributed by atoms with van der Waals surface area (Å²) in [5.74, 6) is 0.871.